The van der Waals surface area contributed by atoms with E-state index in [0.717, 1.165) is 37.8 Å². The average molecular weight is 372 g/mol. The van der Waals surface area contributed by atoms with E-state index in [-0.39, 0.29) is 17.6 Å². The minimum Gasteiger partial charge on any atom is -0.206 e. The van der Waals surface area contributed by atoms with Gasteiger partial charge in [-0.15, -0.1) is 0 Å². The maximum absolute atomic E-state index is 14.4. The van der Waals surface area contributed by atoms with E-state index in [2.05, 4.69) is 6.92 Å². The highest BCUT2D eigenvalue weighted by Gasteiger charge is 2.59. The van der Waals surface area contributed by atoms with Crippen LogP contribution in [-0.2, 0) is 5.92 Å². The molecule has 2 aliphatic rings. The molecule has 0 bridgehead atoms. The predicted octanol–water partition coefficient (Wildman–Crippen LogP) is 7.43. The highest BCUT2D eigenvalue weighted by Crippen LogP contribution is 2.50. The molecule has 0 radical (unpaired) electrons. The Morgan fingerprint density at radius 3 is 2.35 bits per heavy atom. The molecule has 1 fully saturated rings. The van der Waals surface area contributed by atoms with Gasteiger partial charge in [0.15, 0.2) is 0 Å². The first kappa shape index (κ1) is 19.4. The SMILES string of the molecule is CCCCCC1CCC(c2cc(F)c3c(c2)C=CC(F)(F)C3(F)F)CC1. The summed E-state index contributed by atoms with van der Waals surface area (Å²) >= 11 is 0. The van der Waals surface area contributed by atoms with E-state index in [1.54, 1.807) is 0 Å². The Kier molecular flexibility index (Phi) is 5.45. The summed E-state index contributed by atoms with van der Waals surface area (Å²) < 4.78 is 69.2. The van der Waals surface area contributed by atoms with Gasteiger partial charge in [0.25, 0.3) is 0 Å². The molecule has 144 valence electrons. The Balaban J connectivity index is 1.75. The molecule has 1 aromatic rings. The van der Waals surface area contributed by atoms with E-state index >= 15 is 0 Å². The van der Waals surface area contributed by atoms with Crippen molar-refractivity contribution in [3.8, 4) is 0 Å². The van der Waals surface area contributed by atoms with Crippen LogP contribution in [0.15, 0.2) is 18.2 Å². The monoisotopic (exact) mass is 372 g/mol. The first-order chi connectivity index (χ1) is 12.3. The van der Waals surface area contributed by atoms with E-state index in [1.165, 1.54) is 31.7 Å². The molecule has 5 heteroatoms. The van der Waals surface area contributed by atoms with Gasteiger partial charge in [0, 0.05) is 0 Å². The minimum atomic E-state index is -4.52. The topological polar surface area (TPSA) is 0 Å². The van der Waals surface area contributed by atoms with Gasteiger partial charge in [-0.05, 0) is 60.8 Å². The summed E-state index contributed by atoms with van der Waals surface area (Å²) in [6.45, 7) is 2.18. The maximum Gasteiger partial charge on any atom is 0.342 e. The molecule has 0 spiro atoms. The molecule has 0 nitrogen and oxygen atoms in total. The summed E-state index contributed by atoms with van der Waals surface area (Å²) in [5, 5.41) is 0. The van der Waals surface area contributed by atoms with Gasteiger partial charge < -0.3 is 0 Å². The van der Waals surface area contributed by atoms with Crippen molar-refractivity contribution < 1.29 is 22.0 Å². The fraction of sp³-hybridized carbons (Fsp3) is 0.619. The van der Waals surface area contributed by atoms with Crippen LogP contribution in [0.2, 0.25) is 0 Å². The lowest BCUT2D eigenvalue weighted by Gasteiger charge is -2.32. The molecule has 0 aromatic heterocycles. The van der Waals surface area contributed by atoms with Gasteiger partial charge in [-0.1, -0.05) is 44.7 Å². The number of alkyl halides is 4. The van der Waals surface area contributed by atoms with Crippen LogP contribution in [0.25, 0.3) is 6.08 Å². The third-order valence-electron chi connectivity index (χ3n) is 5.88. The number of rotatable bonds is 5. The molecule has 26 heavy (non-hydrogen) atoms. The first-order valence-corrected chi connectivity index (χ1v) is 9.55. The fourth-order valence-corrected chi connectivity index (χ4v) is 4.28. The number of unbranched alkanes of at least 4 members (excludes halogenated alkanes) is 2. The molecule has 1 aromatic carbocycles. The quantitative estimate of drug-likeness (QED) is 0.372. The largest absolute Gasteiger partial charge is 0.342 e. The van der Waals surface area contributed by atoms with Crippen molar-refractivity contribution in [3.05, 3.63) is 40.7 Å². The molecule has 0 unspecified atom stereocenters. The van der Waals surface area contributed by atoms with Gasteiger partial charge in [-0.3, -0.25) is 0 Å². The molecule has 3 rings (SSSR count). The van der Waals surface area contributed by atoms with E-state index < -0.39 is 23.2 Å². The fourth-order valence-electron chi connectivity index (χ4n) is 4.28. The van der Waals surface area contributed by atoms with E-state index in [4.69, 9.17) is 0 Å². The lowest BCUT2D eigenvalue weighted by atomic mass is 9.76. The van der Waals surface area contributed by atoms with E-state index in [0.29, 0.717) is 11.5 Å². The van der Waals surface area contributed by atoms with Gasteiger partial charge >= 0.3 is 11.8 Å². The zero-order valence-corrected chi connectivity index (χ0v) is 15.0. The van der Waals surface area contributed by atoms with Crippen LogP contribution in [-0.4, -0.2) is 5.92 Å². The number of benzene rings is 1. The Bertz CT molecular complexity index is 669. The Labute approximate surface area is 151 Å². The van der Waals surface area contributed by atoms with Crippen molar-refractivity contribution in [2.24, 2.45) is 5.92 Å². The summed E-state index contributed by atoms with van der Waals surface area (Å²) in [5.74, 6) is -9.31. The van der Waals surface area contributed by atoms with Crippen LogP contribution in [0.4, 0.5) is 22.0 Å². The first-order valence-electron chi connectivity index (χ1n) is 9.55. The minimum absolute atomic E-state index is 0.113. The van der Waals surface area contributed by atoms with Crippen molar-refractivity contribution in [1.82, 2.24) is 0 Å². The number of halogens is 5. The van der Waals surface area contributed by atoms with Gasteiger partial charge in [-0.25, -0.2) is 4.39 Å². The Morgan fingerprint density at radius 2 is 1.69 bits per heavy atom. The van der Waals surface area contributed by atoms with Crippen LogP contribution in [0.3, 0.4) is 0 Å². The van der Waals surface area contributed by atoms with Gasteiger partial charge in [-0.2, -0.15) is 17.6 Å². The van der Waals surface area contributed by atoms with Gasteiger partial charge in [0.05, 0.1) is 5.56 Å². The summed E-state index contributed by atoms with van der Waals surface area (Å²) in [6.07, 6.45) is 9.88. The Morgan fingerprint density at radius 1 is 1.00 bits per heavy atom. The van der Waals surface area contributed by atoms with E-state index in [1.807, 2.05) is 0 Å². The van der Waals surface area contributed by atoms with Crippen molar-refractivity contribution in [2.45, 2.75) is 76.1 Å². The summed E-state index contributed by atoms with van der Waals surface area (Å²) in [7, 11) is 0. The van der Waals surface area contributed by atoms with Crippen LogP contribution in [0.1, 0.15) is 80.9 Å². The van der Waals surface area contributed by atoms with Crippen LogP contribution < -0.4 is 0 Å². The van der Waals surface area contributed by atoms with Crippen molar-refractivity contribution >= 4 is 6.08 Å². The highest BCUT2D eigenvalue weighted by molar-refractivity contribution is 5.62. The molecule has 0 amide bonds. The number of allylic oxidation sites excluding steroid dienone is 1. The molecule has 0 N–H and O–H groups in total. The predicted molar refractivity (Wildman–Crippen MR) is 93.1 cm³/mol. The Hall–Kier alpha value is -1.39. The second-order valence-corrected chi connectivity index (χ2v) is 7.71. The summed E-state index contributed by atoms with van der Waals surface area (Å²) in [6, 6.07) is 2.52. The summed E-state index contributed by atoms with van der Waals surface area (Å²) in [4.78, 5) is 0. The van der Waals surface area contributed by atoms with Gasteiger partial charge in [0.1, 0.15) is 5.82 Å². The normalized spacial score (nSPS) is 26.5. The molecular formula is C21H25F5. The number of hydrogen-bond acceptors (Lipinski definition) is 0. The van der Waals surface area contributed by atoms with Crippen LogP contribution in [0, 0.1) is 11.7 Å². The highest BCUT2D eigenvalue weighted by atomic mass is 19.3. The third-order valence-corrected chi connectivity index (χ3v) is 5.88. The summed E-state index contributed by atoms with van der Waals surface area (Å²) in [5.41, 5.74) is -0.651. The molecule has 1 saturated carbocycles. The zero-order chi connectivity index (χ0) is 18.9. The second kappa shape index (κ2) is 7.32. The second-order valence-electron chi connectivity index (χ2n) is 7.71. The van der Waals surface area contributed by atoms with Gasteiger partial charge in [0.2, 0.25) is 0 Å². The van der Waals surface area contributed by atoms with Crippen molar-refractivity contribution in [3.63, 3.8) is 0 Å². The smallest absolute Gasteiger partial charge is 0.206 e. The number of fused-ring (bicyclic) bond motifs is 1. The molecule has 0 atom stereocenters. The van der Waals surface area contributed by atoms with Crippen molar-refractivity contribution in [2.75, 3.05) is 0 Å². The lowest BCUT2D eigenvalue weighted by Crippen LogP contribution is -2.39. The molecular weight excluding hydrogens is 347 g/mol. The molecule has 0 heterocycles. The van der Waals surface area contributed by atoms with Crippen LogP contribution in [0.5, 0.6) is 0 Å². The van der Waals surface area contributed by atoms with Crippen molar-refractivity contribution in [1.29, 1.82) is 0 Å². The van der Waals surface area contributed by atoms with Crippen LogP contribution >= 0.6 is 0 Å². The average Bonchev–Trinajstić information content (AvgIpc) is 2.59. The number of hydrogen-bond donors (Lipinski definition) is 0. The molecule has 0 aliphatic heterocycles. The van der Waals surface area contributed by atoms with E-state index in [9.17, 15) is 22.0 Å². The molecule has 0 saturated heterocycles. The lowest BCUT2D eigenvalue weighted by molar-refractivity contribution is -0.189. The molecule has 2 aliphatic carbocycles. The third kappa shape index (κ3) is 3.54. The zero-order valence-electron chi connectivity index (χ0n) is 15.0. The maximum atomic E-state index is 14.4. The standard InChI is InChI=1S/C21H25F5/c1-2-3-4-5-14-6-8-15(9-7-14)17-12-16-10-11-20(23,24)21(25,26)19(16)18(22)13-17/h10-15H,2-9H2,1H3.